The smallest absolute Gasteiger partial charge is 0.348 e. The summed E-state index contributed by atoms with van der Waals surface area (Å²) in [5.74, 6) is -1.06. The van der Waals surface area contributed by atoms with E-state index in [4.69, 9.17) is 5.11 Å². The van der Waals surface area contributed by atoms with E-state index in [1.807, 2.05) is 0 Å². The molecule has 13 heavy (non-hydrogen) atoms. The SMILES string of the molecule is O=C(O)c1scc2c(=O)[nH]cnc12. The number of nitrogens with zero attached hydrogens (tertiary/aromatic N) is 1. The largest absolute Gasteiger partial charge is 0.477 e. The van der Waals surface area contributed by atoms with E-state index in [-0.39, 0.29) is 16.0 Å². The minimum atomic E-state index is -1.06. The summed E-state index contributed by atoms with van der Waals surface area (Å²) in [4.78, 5) is 28.0. The van der Waals surface area contributed by atoms with Gasteiger partial charge in [0.25, 0.3) is 5.56 Å². The number of rotatable bonds is 1. The first-order valence-corrected chi connectivity index (χ1v) is 4.26. The standard InChI is InChI=1S/C7H4N2O3S/c10-6-3-1-13-5(7(11)12)4(3)8-2-9-6/h1-2H,(H,11,12)(H,8,9,10). The molecule has 0 aliphatic rings. The lowest BCUT2D eigenvalue weighted by atomic mass is 10.3. The molecule has 5 nitrogen and oxygen atoms in total. The third-order valence-corrected chi connectivity index (χ3v) is 2.55. The van der Waals surface area contributed by atoms with E-state index in [1.165, 1.54) is 11.7 Å². The molecule has 0 aromatic carbocycles. The zero-order chi connectivity index (χ0) is 9.42. The Balaban J connectivity index is 2.91. The minimum Gasteiger partial charge on any atom is -0.477 e. The summed E-state index contributed by atoms with van der Waals surface area (Å²) in [5.41, 5.74) is -0.0602. The third-order valence-electron chi connectivity index (χ3n) is 1.59. The highest BCUT2D eigenvalue weighted by molar-refractivity contribution is 7.13. The average molecular weight is 196 g/mol. The van der Waals surface area contributed by atoms with Crippen LogP contribution in [0.4, 0.5) is 0 Å². The summed E-state index contributed by atoms with van der Waals surface area (Å²) >= 11 is 1.00. The Morgan fingerprint density at radius 1 is 1.62 bits per heavy atom. The number of aromatic nitrogens is 2. The molecule has 0 fully saturated rings. The lowest BCUT2D eigenvalue weighted by Gasteiger charge is -1.88. The Bertz CT molecular complexity index is 528. The number of nitrogens with one attached hydrogen (secondary N) is 1. The van der Waals surface area contributed by atoms with Crippen LogP contribution < -0.4 is 5.56 Å². The molecule has 0 saturated carbocycles. The van der Waals surface area contributed by atoms with Crippen LogP contribution in [0.5, 0.6) is 0 Å². The lowest BCUT2D eigenvalue weighted by Crippen LogP contribution is -2.05. The van der Waals surface area contributed by atoms with Crippen molar-refractivity contribution in [3.05, 3.63) is 26.9 Å². The van der Waals surface area contributed by atoms with E-state index in [0.29, 0.717) is 5.39 Å². The van der Waals surface area contributed by atoms with Crippen molar-refractivity contribution in [2.75, 3.05) is 0 Å². The second-order valence-electron chi connectivity index (χ2n) is 2.36. The minimum absolute atomic E-state index is 0.0982. The lowest BCUT2D eigenvalue weighted by molar-refractivity contribution is 0.0704. The van der Waals surface area contributed by atoms with Crippen molar-refractivity contribution < 1.29 is 9.90 Å². The summed E-state index contributed by atoms with van der Waals surface area (Å²) in [6, 6.07) is 0. The summed E-state index contributed by atoms with van der Waals surface area (Å²) in [6.07, 6.45) is 1.20. The number of fused-ring (bicyclic) bond motifs is 1. The van der Waals surface area contributed by atoms with Crippen LogP contribution in [0.3, 0.4) is 0 Å². The third kappa shape index (κ3) is 1.11. The van der Waals surface area contributed by atoms with E-state index < -0.39 is 5.97 Å². The molecule has 2 N–H and O–H groups in total. The zero-order valence-electron chi connectivity index (χ0n) is 6.27. The first-order chi connectivity index (χ1) is 6.20. The Morgan fingerprint density at radius 3 is 3.08 bits per heavy atom. The van der Waals surface area contributed by atoms with E-state index in [0.717, 1.165) is 11.3 Å². The van der Waals surface area contributed by atoms with Gasteiger partial charge in [-0.05, 0) is 0 Å². The van der Waals surface area contributed by atoms with Gasteiger partial charge in [0, 0.05) is 5.38 Å². The van der Waals surface area contributed by atoms with Crippen LogP contribution in [0.1, 0.15) is 9.67 Å². The summed E-state index contributed by atoms with van der Waals surface area (Å²) in [7, 11) is 0. The highest BCUT2D eigenvalue weighted by Gasteiger charge is 2.13. The van der Waals surface area contributed by atoms with Crippen LogP contribution in [-0.4, -0.2) is 21.0 Å². The summed E-state index contributed by atoms with van der Waals surface area (Å²) < 4.78 is 0. The molecule has 6 heteroatoms. The monoisotopic (exact) mass is 196 g/mol. The molecule has 0 saturated heterocycles. The Kier molecular flexibility index (Phi) is 1.63. The second-order valence-corrected chi connectivity index (χ2v) is 3.24. The fourth-order valence-corrected chi connectivity index (χ4v) is 1.86. The van der Waals surface area contributed by atoms with Gasteiger partial charge in [-0.15, -0.1) is 11.3 Å². The second kappa shape index (κ2) is 2.67. The molecule has 0 radical (unpaired) electrons. The van der Waals surface area contributed by atoms with Gasteiger partial charge in [0.2, 0.25) is 0 Å². The number of carboxylic acids is 1. The summed E-state index contributed by atoms with van der Waals surface area (Å²) in [5, 5.41) is 10.5. The van der Waals surface area contributed by atoms with Gasteiger partial charge < -0.3 is 10.1 Å². The number of H-pyrrole nitrogens is 1. The van der Waals surface area contributed by atoms with Crippen LogP contribution >= 0.6 is 11.3 Å². The molecule has 0 bridgehead atoms. The Hall–Kier alpha value is -1.69. The fourth-order valence-electron chi connectivity index (χ4n) is 1.03. The first kappa shape index (κ1) is 7.93. The van der Waals surface area contributed by atoms with Gasteiger partial charge in [0.05, 0.1) is 11.7 Å². The molecule has 0 unspecified atom stereocenters. The Labute approximate surface area is 75.7 Å². The van der Waals surface area contributed by atoms with Crippen LogP contribution in [0.15, 0.2) is 16.5 Å². The molecule has 2 heterocycles. The number of hydrogen-bond acceptors (Lipinski definition) is 4. The predicted molar refractivity (Wildman–Crippen MR) is 47.2 cm³/mol. The predicted octanol–water partition coefficient (Wildman–Crippen LogP) is 0.683. The van der Waals surface area contributed by atoms with Gasteiger partial charge >= 0.3 is 5.97 Å². The molecular formula is C7H4N2O3S. The van der Waals surface area contributed by atoms with Crippen molar-refractivity contribution >= 4 is 28.2 Å². The van der Waals surface area contributed by atoms with E-state index in [2.05, 4.69) is 9.97 Å². The quantitative estimate of drug-likeness (QED) is 0.702. The molecule has 2 aromatic heterocycles. The van der Waals surface area contributed by atoms with Gasteiger partial charge in [-0.3, -0.25) is 4.79 Å². The van der Waals surface area contributed by atoms with Gasteiger partial charge in [0.1, 0.15) is 10.4 Å². The zero-order valence-corrected chi connectivity index (χ0v) is 7.09. The number of thiophene rings is 1. The van der Waals surface area contributed by atoms with E-state index in [9.17, 15) is 9.59 Å². The molecule has 0 amide bonds. The van der Waals surface area contributed by atoms with Crippen LogP contribution in [0.25, 0.3) is 10.9 Å². The molecule has 2 aromatic rings. The molecule has 66 valence electrons. The van der Waals surface area contributed by atoms with Gasteiger partial charge in [-0.2, -0.15) is 0 Å². The fraction of sp³-hybridized carbons (Fsp3) is 0. The van der Waals surface area contributed by atoms with Crippen molar-refractivity contribution in [2.45, 2.75) is 0 Å². The van der Waals surface area contributed by atoms with Gasteiger partial charge in [-0.25, -0.2) is 9.78 Å². The van der Waals surface area contributed by atoms with Crippen molar-refractivity contribution in [2.24, 2.45) is 0 Å². The first-order valence-electron chi connectivity index (χ1n) is 3.38. The molecule has 2 rings (SSSR count). The highest BCUT2D eigenvalue weighted by atomic mass is 32.1. The normalized spacial score (nSPS) is 10.5. The highest BCUT2D eigenvalue weighted by Crippen LogP contribution is 2.20. The van der Waals surface area contributed by atoms with Gasteiger partial charge in [0.15, 0.2) is 0 Å². The number of aromatic carboxylic acids is 1. The number of aromatic amines is 1. The van der Waals surface area contributed by atoms with Crippen LogP contribution in [-0.2, 0) is 0 Å². The van der Waals surface area contributed by atoms with Crippen LogP contribution in [0.2, 0.25) is 0 Å². The van der Waals surface area contributed by atoms with Crippen molar-refractivity contribution in [3.8, 4) is 0 Å². The molecule has 0 aliphatic carbocycles. The number of carbonyl (C=O) groups is 1. The average Bonchev–Trinajstić information content (AvgIpc) is 2.48. The molecule has 0 atom stereocenters. The maximum atomic E-state index is 11.1. The molecule has 0 aliphatic heterocycles. The van der Waals surface area contributed by atoms with Gasteiger partial charge in [-0.1, -0.05) is 0 Å². The van der Waals surface area contributed by atoms with E-state index >= 15 is 0 Å². The summed E-state index contributed by atoms with van der Waals surface area (Å²) in [6.45, 7) is 0. The molecule has 0 spiro atoms. The topological polar surface area (TPSA) is 83.0 Å². The van der Waals surface area contributed by atoms with Crippen molar-refractivity contribution in [1.82, 2.24) is 9.97 Å². The molecular weight excluding hydrogens is 192 g/mol. The van der Waals surface area contributed by atoms with E-state index in [1.54, 1.807) is 0 Å². The number of carboxylic acid groups (broad SMARTS) is 1. The Morgan fingerprint density at radius 2 is 2.38 bits per heavy atom. The van der Waals surface area contributed by atoms with Crippen molar-refractivity contribution in [1.29, 1.82) is 0 Å². The van der Waals surface area contributed by atoms with Crippen LogP contribution in [0, 0.1) is 0 Å². The maximum absolute atomic E-state index is 11.1. The number of hydrogen-bond donors (Lipinski definition) is 2. The maximum Gasteiger partial charge on any atom is 0.348 e. The van der Waals surface area contributed by atoms with Crippen molar-refractivity contribution in [3.63, 3.8) is 0 Å².